The second-order valence-corrected chi connectivity index (χ2v) is 5.31. The van der Waals surface area contributed by atoms with E-state index in [0.717, 1.165) is 26.1 Å². The van der Waals surface area contributed by atoms with Crippen molar-refractivity contribution in [2.24, 2.45) is 5.73 Å². The SMILES string of the molecule is CCCN(CC1CCCCO1)c1ccc(CN)cc1. The Morgan fingerprint density at radius 2 is 2.05 bits per heavy atom. The zero-order valence-corrected chi connectivity index (χ0v) is 12.0. The van der Waals surface area contributed by atoms with Gasteiger partial charge in [0.25, 0.3) is 0 Å². The van der Waals surface area contributed by atoms with Crippen LogP contribution in [0.15, 0.2) is 24.3 Å². The molecule has 1 aliphatic heterocycles. The van der Waals surface area contributed by atoms with E-state index in [9.17, 15) is 0 Å². The van der Waals surface area contributed by atoms with Gasteiger partial charge >= 0.3 is 0 Å². The summed E-state index contributed by atoms with van der Waals surface area (Å²) in [7, 11) is 0. The number of nitrogens with zero attached hydrogens (tertiary/aromatic N) is 1. The van der Waals surface area contributed by atoms with Crippen LogP contribution >= 0.6 is 0 Å². The van der Waals surface area contributed by atoms with Gasteiger partial charge in [-0.15, -0.1) is 0 Å². The highest BCUT2D eigenvalue weighted by Gasteiger charge is 2.17. The lowest BCUT2D eigenvalue weighted by Crippen LogP contribution is -2.36. The molecule has 1 aromatic rings. The summed E-state index contributed by atoms with van der Waals surface area (Å²) in [6, 6.07) is 8.61. The molecule has 0 aromatic heterocycles. The van der Waals surface area contributed by atoms with Crippen molar-refractivity contribution < 1.29 is 4.74 Å². The van der Waals surface area contributed by atoms with Crippen molar-refractivity contribution in [2.75, 3.05) is 24.6 Å². The smallest absolute Gasteiger partial charge is 0.0749 e. The Morgan fingerprint density at radius 3 is 2.63 bits per heavy atom. The molecular weight excluding hydrogens is 236 g/mol. The van der Waals surface area contributed by atoms with E-state index in [1.54, 1.807) is 0 Å². The normalized spacial score (nSPS) is 19.4. The summed E-state index contributed by atoms with van der Waals surface area (Å²) in [5.41, 5.74) is 8.12. The third-order valence-corrected chi connectivity index (χ3v) is 3.73. The Labute approximate surface area is 116 Å². The molecule has 0 saturated carbocycles. The van der Waals surface area contributed by atoms with Crippen LogP contribution in [0.2, 0.25) is 0 Å². The fourth-order valence-corrected chi connectivity index (χ4v) is 2.64. The fraction of sp³-hybridized carbons (Fsp3) is 0.625. The van der Waals surface area contributed by atoms with Crippen LogP contribution in [0.4, 0.5) is 5.69 Å². The van der Waals surface area contributed by atoms with Crippen molar-refractivity contribution in [3.8, 4) is 0 Å². The van der Waals surface area contributed by atoms with E-state index < -0.39 is 0 Å². The molecule has 2 N–H and O–H groups in total. The predicted octanol–water partition coefficient (Wildman–Crippen LogP) is 2.93. The van der Waals surface area contributed by atoms with E-state index in [4.69, 9.17) is 10.5 Å². The molecule has 106 valence electrons. The van der Waals surface area contributed by atoms with Crippen molar-refractivity contribution >= 4 is 5.69 Å². The van der Waals surface area contributed by atoms with E-state index >= 15 is 0 Å². The molecule has 0 bridgehead atoms. The quantitative estimate of drug-likeness (QED) is 0.856. The lowest BCUT2D eigenvalue weighted by Gasteiger charge is -2.31. The number of rotatable bonds is 6. The number of benzene rings is 1. The van der Waals surface area contributed by atoms with Crippen molar-refractivity contribution in [1.82, 2.24) is 0 Å². The number of anilines is 1. The molecule has 1 aromatic carbocycles. The average molecular weight is 262 g/mol. The highest BCUT2D eigenvalue weighted by molar-refractivity contribution is 5.47. The summed E-state index contributed by atoms with van der Waals surface area (Å²) in [5.74, 6) is 0. The molecule has 1 heterocycles. The highest BCUT2D eigenvalue weighted by Crippen LogP contribution is 2.20. The summed E-state index contributed by atoms with van der Waals surface area (Å²) < 4.78 is 5.86. The summed E-state index contributed by atoms with van der Waals surface area (Å²) in [6.45, 7) is 5.86. The molecule has 0 amide bonds. The van der Waals surface area contributed by atoms with Gasteiger partial charge in [0.1, 0.15) is 0 Å². The first-order valence-electron chi connectivity index (χ1n) is 7.49. The third kappa shape index (κ3) is 4.22. The fourth-order valence-electron chi connectivity index (χ4n) is 2.64. The first-order valence-corrected chi connectivity index (χ1v) is 7.49. The molecule has 3 heteroatoms. The molecule has 19 heavy (non-hydrogen) atoms. The maximum absolute atomic E-state index is 5.86. The average Bonchev–Trinajstić information content (AvgIpc) is 2.48. The largest absolute Gasteiger partial charge is 0.376 e. The predicted molar refractivity (Wildman–Crippen MR) is 80.4 cm³/mol. The lowest BCUT2D eigenvalue weighted by molar-refractivity contribution is 0.0210. The Bertz CT molecular complexity index is 358. The van der Waals surface area contributed by atoms with Gasteiger partial charge in [0, 0.05) is 31.9 Å². The number of ether oxygens (including phenoxy) is 1. The van der Waals surface area contributed by atoms with Crippen LogP contribution in [-0.2, 0) is 11.3 Å². The van der Waals surface area contributed by atoms with E-state index in [1.807, 2.05) is 0 Å². The molecule has 1 saturated heterocycles. The number of nitrogens with two attached hydrogens (primary N) is 1. The molecule has 1 atom stereocenters. The summed E-state index contributed by atoms with van der Waals surface area (Å²) in [6.07, 6.45) is 5.27. The summed E-state index contributed by atoms with van der Waals surface area (Å²) in [5, 5.41) is 0. The standard InChI is InChI=1S/C16H26N2O/c1-2-10-18(13-16-5-3-4-11-19-16)15-8-6-14(12-17)7-9-15/h6-9,16H,2-5,10-13,17H2,1H3. The van der Waals surface area contributed by atoms with E-state index in [1.165, 1.54) is 30.5 Å². The molecule has 2 rings (SSSR count). The highest BCUT2D eigenvalue weighted by atomic mass is 16.5. The molecule has 0 aliphatic carbocycles. The van der Waals surface area contributed by atoms with Crippen LogP contribution in [-0.4, -0.2) is 25.8 Å². The van der Waals surface area contributed by atoms with Crippen LogP contribution in [0.5, 0.6) is 0 Å². The summed E-state index contributed by atoms with van der Waals surface area (Å²) >= 11 is 0. The van der Waals surface area contributed by atoms with Gasteiger partial charge in [0.05, 0.1) is 6.10 Å². The van der Waals surface area contributed by atoms with Crippen LogP contribution in [0, 0.1) is 0 Å². The van der Waals surface area contributed by atoms with Gasteiger partial charge < -0.3 is 15.4 Å². The topological polar surface area (TPSA) is 38.5 Å². The Balaban J connectivity index is 2.00. The second-order valence-electron chi connectivity index (χ2n) is 5.31. The van der Waals surface area contributed by atoms with Crippen molar-refractivity contribution in [3.05, 3.63) is 29.8 Å². The molecule has 0 radical (unpaired) electrons. The minimum absolute atomic E-state index is 0.398. The number of hydrogen-bond donors (Lipinski definition) is 1. The van der Waals surface area contributed by atoms with E-state index in [-0.39, 0.29) is 0 Å². The number of hydrogen-bond acceptors (Lipinski definition) is 3. The summed E-state index contributed by atoms with van der Waals surface area (Å²) in [4.78, 5) is 2.44. The first-order chi connectivity index (χ1) is 9.33. The van der Waals surface area contributed by atoms with E-state index in [2.05, 4.69) is 36.1 Å². The lowest BCUT2D eigenvalue weighted by atomic mass is 10.1. The van der Waals surface area contributed by atoms with Gasteiger partial charge in [0.15, 0.2) is 0 Å². The van der Waals surface area contributed by atoms with Crippen LogP contribution in [0.25, 0.3) is 0 Å². The van der Waals surface area contributed by atoms with E-state index in [0.29, 0.717) is 12.6 Å². The Morgan fingerprint density at radius 1 is 1.26 bits per heavy atom. The van der Waals surface area contributed by atoms with Crippen molar-refractivity contribution in [2.45, 2.75) is 45.3 Å². The van der Waals surface area contributed by atoms with Gasteiger partial charge in [-0.2, -0.15) is 0 Å². The minimum Gasteiger partial charge on any atom is -0.376 e. The van der Waals surface area contributed by atoms with Crippen LogP contribution < -0.4 is 10.6 Å². The van der Waals surface area contributed by atoms with Crippen LogP contribution in [0.3, 0.4) is 0 Å². The Hall–Kier alpha value is -1.06. The zero-order valence-electron chi connectivity index (χ0n) is 12.0. The van der Waals surface area contributed by atoms with Gasteiger partial charge in [-0.1, -0.05) is 19.1 Å². The monoisotopic (exact) mass is 262 g/mol. The Kier molecular flexibility index (Phi) is 5.67. The van der Waals surface area contributed by atoms with Gasteiger partial charge in [-0.05, 0) is 43.4 Å². The molecule has 1 aliphatic rings. The first kappa shape index (κ1) is 14.4. The van der Waals surface area contributed by atoms with Crippen molar-refractivity contribution in [1.29, 1.82) is 0 Å². The van der Waals surface area contributed by atoms with Crippen molar-refractivity contribution in [3.63, 3.8) is 0 Å². The van der Waals surface area contributed by atoms with Gasteiger partial charge in [-0.3, -0.25) is 0 Å². The molecule has 0 spiro atoms. The molecule has 1 fully saturated rings. The zero-order chi connectivity index (χ0) is 13.5. The van der Waals surface area contributed by atoms with Gasteiger partial charge in [-0.25, -0.2) is 0 Å². The maximum Gasteiger partial charge on any atom is 0.0749 e. The molecule has 1 unspecified atom stereocenters. The maximum atomic E-state index is 5.86. The molecular formula is C16H26N2O. The third-order valence-electron chi connectivity index (χ3n) is 3.73. The van der Waals surface area contributed by atoms with Gasteiger partial charge in [0.2, 0.25) is 0 Å². The molecule has 3 nitrogen and oxygen atoms in total. The minimum atomic E-state index is 0.398. The second kappa shape index (κ2) is 7.51. The van der Waals surface area contributed by atoms with Crippen LogP contribution in [0.1, 0.15) is 38.2 Å².